The molecule has 5 heteroatoms. The van der Waals surface area contributed by atoms with E-state index in [9.17, 15) is 0 Å². The van der Waals surface area contributed by atoms with E-state index in [0.29, 0.717) is 0 Å². The molecule has 0 radical (unpaired) electrons. The van der Waals surface area contributed by atoms with Crippen molar-refractivity contribution < 1.29 is 9.47 Å². The lowest BCUT2D eigenvalue weighted by Crippen LogP contribution is -2.36. The molecule has 0 spiro atoms. The van der Waals surface area contributed by atoms with E-state index < -0.39 is 0 Å². The Balaban J connectivity index is 1.58. The third kappa shape index (κ3) is 3.55. The fraction of sp³-hybridized carbons (Fsp3) is 0.269. The second-order valence-electron chi connectivity index (χ2n) is 8.08. The summed E-state index contributed by atoms with van der Waals surface area (Å²) in [6, 6.07) is 21.1. The van der Waals surface area contributed by atoms with Gasteiger partial charge in [0.25, 0.3) is 0 Å². The number of H-pyrrole nitrogens is 1. The molecular weight excluding hydrogens is 386 g/mol. The van der Waals surface area contributed by atoms with Crippen LogP contribution in [0.25, 0.3) is 10.9 Å². The Morgan fingerprint density at radius 2 is 1.84 bits per heavy atom. The van der Waals surface area contributed by atoms with E-state index in [4.69, 9.17) is 14.5 Å². The number of nitrogens with one attached hydrogen (secondary N) is 1. The van der Waals surface area contributed by atoms with Crippen LogP contribution in [0.5, 0.6) is 11.5 Å². The van der Waals surface area contributed by atoms with Crippen molar-refractivity contribution in [1.82, 2.24) is 14.9 Å². The van der Waals surface area contributed by atoms with Crippen molar-refractivity contribution in [2.24, 2.45) is 0 Å². The molecule has 0 aliphatic carbocycles. The Morgan fingerprint density at radius 1 is 1.00 bits per heavy atom. The molecule has 5 nitrogen and oxygen atoms in total. The van der Waals surface area contributed by atoms with Gasteiger partial charge in [-0.2, -0.15) is 0 Å². The van der Waals surface area contributed by atoms with E-state index in [1.54, 1.807) is 14.2 Å². The van der Waals surface area contributed by atoms with Crippen LogP contribution in [0.15, 0.2) is 60.7 Å². The van der Waals surface area contributed by atoms with E-state index in [-0.39, 0.29) is 6.04 Å². The maximum atomic E-state index is 5.53. The second-order valence-corrected chi connectivity index (χ2v) is 8.08. The summed E-state index contributed by atoms with van der Waals surface area (Å²) in [4.78, 5) is 11.1. The fourth-order valence-corrected chi connectivity index (χ4v) is 4.73. The average molecular weight is 414 g/mol. The van der Waals surface area contributed by atoms with Crippen LogP contribution >= 0.6 is 0 Å². The van der Waals surface area contributed by atoms with Crippen LogP contribution in [0.1, 0.15) is 34.3 Å². The molecule has 0 amide bonds. The summed E-state index contributed by atoms with van der Waals surface area (Å²) in [5.74, 6) is 1.51. The van der Waals surface area contributed by atoms with Crippen LogP contribution in [-0.4, -0.2) is 35.6 Å². The first-order valence-electron chi connectivity index (χ1n) is 10.7. The van der Waals surface area contributed by atoms with E-state index in [1.165, 1.54) is 27.7 Å². The van der Waals surface area contributed by atoms with Gasteiger partial charge in [0.15, 0.2) is 11.5 Å². The van der Waals surface area contributed by atoms with Gasteiger partial charge in [-0.3, -0.25) is 9.88 Å². The molecule has 0 saturated heterocycles. The average Bonchev–Trinajstić information content (AvgIpc) is 3.17. The number of para-hydroxylation sites is 1. The molecule has 4 aromatic rings. The van der Waals surface area contributed by atoms with Crippen LogP contribution in [0.3, 0.4) is 0 Å². The minimum atomic E-state index is 0.0733. The molecule has 158 valence electrons. The maximum Gasteiger partial charge on any atom is 0.161 e. The highest BCUT2D eigenvalue weighted by molar-refractivity contribution is 5.85. The molecule has 2 aromatic carbocycles. The first kappa shape index (κ1) is 19.6. The summed E-state index contributed by atoms with van der Waals surface area (Å²) in [7, 11) is 3.35. The molecule has 1 atom stereocenters. The zero-order valence-corrected chi connectivity index (χ0v) is 18.2. The largest absolute Gasteiger partial charge is 0.493 e. The molecule has 5 rings (SSSR count). The number of benzene rings is 2. The highest BCUT2D eigenvalue weighted by Crippen LogP contribution is 2.39. The lowest BCUT2D eigenvalue weighted by atomic mass is 9.94. The van der Waals surface area contributed by atoms with Crippen LogP contribution in [-0.2, 0) is 13.0 Å². The van der Waals surface area contributed by atoms with Crippen molar-refractivity contribution in [1.29, 1.82) is 0 Å². The number of fused-ring (bicyclic) bond motifs is 3. The van der Waals surface area contributed by atoms with E-state index in [0.717, 1.165) is 42.4 Å². The Morgan fingerprint density at radius 3 is 2.65 bits per heavy atom. The lowest BCUT2D eigenvalue weighted by molar-refractivity contribution is 0.198. The molecule has 1 unspecified atom stereocenters. The number of pyridine rings is 1. The van der Waals surface area contributed by atoms with Crippen molar-refractivity contribution >= 4 is 10.9 Å². The minimum Gasteiger partial charge on any atom is -0.493 e. The predicted octanol–water partition coefficient (Wildman–Crippen LogP) is 5.04. The molecule has 0 saturated carbocycles. The summed E-state index contributed by atoms with van der Waals surface area (Å²) >= 11 is 0. The van der Waals surface area contributed by atoms with Gasteiger partial charge in [0, 0.05) is 35.4 Å². The van der Waals surface area contributed by atoms with Gasteiger partial charge in [0.1, 0.15) is 0 Å². The highest BCUT2D eigenvalue weighted by atomic mass is 16.5. The summed E-state index contributed by atoms with van der Waals surface area (Å²) in [6.45, 7) is 3.82. The molecule has 0 bridgehead atoms. The van der Waals surface area contributed by atoms with Gasteiger partial charge in [-0.25, -0.2) is 0 Å². The van der Waals surface area contributed by atoms with E-state index in [2.05, 4.69) is 71.4 Å². The molecular formula is C26H27N3O2. The number of nitrogens with zero attached hydrogens (tertiary/aromatic N) is 2. The third-order valence-electron chi connectivity index (χ3n) is 6.16. The Bertz CT molecular complexity index is 1230. The van der Waals surface area contributed by atoms with Crippen molar-refractivity contribution in [3.05, 3.63) is 88.9 Å². The van der Waals surface area contributed by atoms with Crippen LogP contribution in [0, 0.1) is 6.92 Å². The lowest BCUT2D eigenvalue weighted by Gasteiger charge is -2.35. The third-order valence-corrected chi connectivity index (χ3v) is 6.16. The smallest absolute Gasteiger partial charge is 0.161 e. The van der Waals surface area contributed by atoms with Crippen molar-refractivity contribution in [3.8, 4) is 11.5 Å². The van der Waals surface area contributed by atoms with Gasteiger partial charge in [0.05, 0.1) is 26.0 Å². The normalized spacial score (nSPS) is 16.3. The van der Waals surface area contributed by atoms with E-state index >= 15 is 0 Å². The van der Waals surface area contributed by atoms with Crippen molar-refractivity contribution in [3.63, 3.8) is 0 Å². The number of rotatable bonds is 5. The summed E-state index contributed by atoms with van der Waals surface area (Å²) in [5, 5.41) is 1.32. The number of hydrogen-bond donors (Lipinski definition) is 1. The first-order valence-corrected chi connectivity index (χ1v) is 10.7. The number of methoxy groups -OCH3 is 2. The molecule has 2 aromatic heterocycles. The molecule has 1 N–H and O–H groups in total. The molecule has 1 aliphatic rings. The molecule has 0 fully saturated rings. The molecule has 3 heterocycles. The Labute approximate surface area is 182 Å². The van der Waals surface area contributed by atoms with Crippen LogP contribution < -0.4 is 9.47 Å². The first-order chi connectivity index (χ1) is 15.2. The zero-order valence-electron chi connectivity index (χ0n) is 18.2. The van der Waals surface area contributed by atoms with Gasteiger partial charge in [-0.1, -0.05) is 30.3 Å². The van der Waals surface area contributed by atoms with Gasteiger partial charge in [0.2, 0.25) is 0 Å². The van der Waals surface area contributed by atoms with Crippen molar-refractivity contribution in [2.45, 2.75) is 25.9 Å². The quantitative estimate of drug-likeness (QED) is 0.498. The van der Waals surface area contributed by atoms with Gasteiger partial charge in [-0.05, 0) is 54.8 Å². The summed E-state index contributed by atoms with van der Waals surface area (Å²) in [5.41, 5.74) is 7.16. The second kappa shape index (κ2) is 8.08. The predicted molar refractivity (Wildman–Crippen MR) is 123 cm³/mol. The monoisotopic (exact) mass is 413 g/mol. The molecule has 1 aliphatic heterocycles. The van der Waals surface area contributed by atoms with Crippen LogP contribution in [0.2, 0.25) is 0 Å². The van der Waals surface area contributed by atoms with Gasteiger partial charge < -0.3 is 14.5 Å². The number of hydrogen-bond acceptors (Lipinski definition) is 4. The zero-order chi connectivity index (χ0) is 21.4. The fourth-order valence-electron chi connectivity index (χ4n) is 4.73. The standard InChI is InChI=1S/C26H27N3O2/c1-17-7-6-10-22(27-17)26-25-20(19-8-4-5-9-21(19)28-25)13-14-29(26)16-18-11-12-23(30-2)24(15-18)31-3/h4-12,15,26,28H,13-14,16H2,1-3H3. The Kier molecular flexibility index (Phi) is 5.12. The van der Waals surface area contributed by atoms with Gasteiger partial charge in [-0.15, -0.1) is 0 Å². The van der Waals surface area contributed by atoms with Crippen LogP contribution in [0.4, 0.5) is 0 Å². The minimum absolute atomic E-state index is 0.0733. The van der Waals surface area contributed by atoms with E-state index in [1.807, 2.05) is 6.07 Å². The Hall–Kier alpha value is -3.31. The summed E-state index contributed by atoms with van der Waals surface area (Å²) in [6.07, 6.45) is 1.01. The van der Waals surface area contributed by atoms with Gasteiger partial charge >= 0.3 is 0 Å². The number of aryl methyl sites for hydroxylation is 1. The highest BCUT2D eigenvalue weighted by Gasteiger charge is 2.32. The topological polar surface area (TPSA) is 50.4 Å². The summed E-state index contributed by atoms with van der Waals surface area (Å²) < 4.78 is 10.9. The number of aromatic nitrogens is 2. The number of aromatic amines is 1. The SMILES string of the molecule is COc1ccc(CN2CCc3c([nH]c4ccccc34)C2c2cccc(C)n2)cc1OC. The maximum absolute atomic E-state index is 5.53. The van der Waals surface area contributed by atoms with Crippen molar-refractivity contribution in [2.75, 3.05) is 20.8 Å². The number of ether oxygens (including phenoxy) is 2. The molecule has 31 heavy (non-hydrogen) atoms.